The molecule has 0 bridgehead atoms. The summed E-state index contributed by atoms with van der Waals surface area (Å²) in [5.41, 5.74) is 1.21. The van der Waals surface area contributed by atoms with E-state index in [-0.39, 0.29) is 10.3 Å². The van der Waals surface area contributed by atoms with Crippen LogP contribution in [0.5, 0.6) is 0 Å². The van der Waals surface area contributed by atoms with Crippen molar-refractivity contribution in [3.05, 3.63) is 23.8 Å². The van der Waals surface area contributed by atoms with Crippen LogP contribution in [-0.4, -0.2) is 20.1 Å². The molecule has 0 aromatic heterocycles. The minimum atomic E-state index is -3.49. The number of nitrogens with one attached hydrogen (secondary N) is 1. The molecule has 0 radical (unpaired) electrons. The van der Waals surface area contributed by atoms with Gasteiger partial charge in [0.1, 0.15) is 5.75 Å². The number of rotatable bonds is 0. The van der Waals surface area contributed by atoms with E-state index in [1.165, 1.54) is 0 Å². The lowest BCUT2D eigenvalue weighted by atomic mass is 9.87. The van der Waals surface area contributed by atoms with Crippen molar-refractivity contribution < 1.29 is 13.2 Å². The van der Waals surface area contributed by atoms with Gasteiger partial charge in [-0.3, -0.25) is 4.79 Å². The molecule has 4 nitrogen and oxygen atoms in total. The van der Waals surface area contributed by atoms with Crippen LogP contribution >= 0.6 is 0 Å². The molecule has 1 aliphatic heterocycles. The number of amides is 1. The van der Waals surface area contributed by atoms with Crippen molar-refractivity contribution in [3.63, 3.8) is 0 Å². The van der Waals surface area contributed by atoms with Gasteiger partial charge in [-0.25, -0.2) is 8.42 Å². The van der Waals surface area contributed by atoms with Gasteiger partial charge in [-0.2, -0.15) is 0 Å². The number of hydrogen-bond donors (Lipinski definition) is 1. The summed E-state index contributed by atoms with van der Waals surface area (Å²) in [4.78, 5) is 11.5. The molecule has 0 atom stereocenters. The monoisotopic (exact) mass is 253 g/mol. The van der Waals surface area contributed by atoms with Gasteiger partial charge in [0, 0.05) is 0 Å². The van der Waals surface area contributed by atoms with Gasteiger partial charge in [0.15, 0.2) is 9.84 Å². The number of carbonyl (C=O) groups is 1. The highest BCUT2D eigenvalue weighted by Crippen LogP contribution is 2.32. The lowest BCUT2D eigenvalue weighted by Gasteiger charge is -2.23. The Bertz CT molecular complexity index is 582. The van der Waals surface area contributed by atoms with E-state index in [9.17, 15) is 13.2 Å². The first-order valence-corrected chi connectivity index (χ1v) is 7.02. The van der Waals surface area contributed by atoms with Crippen LogP contribution in [0.2, 0.25) is 0 Å². The van der Waals surface area contributed by atoms with Gasteiger partial charge >= 0.3 is 0 Å². The molecule has 5 heteroatoms. The largest absolute Gasteiger partial charge is 0.324 e. The molecule has 1 amide bonds. The van der Waals surface area contributed by atoms with E-state index in [0.717, 1.165) is 5.56 Å². The molecule has 1 aromatic rings. The van der Waals surface area contributed by atoms with Gasteiger partial charge in [0.2, 0.25) is 5.91 Å². The summed E-state index contributed by atoms with van der Waals surface area (Å²) in [6, 6.07) is 5.16. The standard InChI is InChI=1S/C12H15NO3S/c1-12(2,3)8-4-5-9-10(6-8)17(15,16)7-11(14)13-9/h4-6H,7H2,1-3H3,(H,13,14). The summed E-state index contributed by atoms with van der Waals surface area (Å²) in [5, 5.41) is 2.58. The predicted octanol–water partition coefficient (Wildman–Crippen LogP) is 1.71. The number of sulfone groups is 1. The topological polar surface area (TPSA) is 63.2 Å². The van der Waals surface area contributed by atoms with Crippen molar-refractivity contribution in [1.82, 2.24) is 0 Å². The molecular formula is C12H15NO3S. The van der Waals surface area contributed by atoms with Crippen molar-refractivity contribution in [2.24, 2.45) is 0 Å². The van der Waals surface area contributed by atoms with Crippen LogP contribution in [0.25, 0.3) is 0 Å². The van der Waals surface area contributed by atoms with Crippen molar-refractivity contribution in [2.45, 2.75) is 31.1 Å². The fraction of sp³-hybridized carbons (Fsp3) is 0.417. The first kappa shape index (κ1) is 12.1. The Balaban J connectivity index is 2.64. The highest BCUT2D eigenvalue weighted by molar-refractivity contribution is 7.92. The third-order valence-corrected chi connectivity index (χ3v) is 4.43. The summed E-state index contributed by atoms with van der Waals surface area (Å²) in [5.74, 6) is -0.936. The quantitative estimate of drug-likeness (QED) is 0.765. The lowest BCUT2D eigenvalue weighted by Crippen LogP contribution is -2.29. The van der Waals surface area contributed by atoms with Crippen molar-refractivity contribution in [2.75, 3.05) is 11.1 Å². The minimum absolute atomic E-state index is 0.119. The van der Waals surface area contributed by atoms with Crippen LogP contribution in [0.4, 0.5) is 5.69 Å². The van der Waals surface area contributed by atoms with E-state index in [1.54, 1.807) is 12.1 Å². The van der Waals surface area contributed by atoms with Crippen molar-refractivity contribution in [1.29, 1.82) is 0 Å². The van der Waals surface area contributed by atoms with E-state index < -0.39 is 21.5 Å². The number of fused-ring (bicyclic) bond motifs is 1. The maximum Gasteiger partial charge on any atom is 0.239 e. The normalized spacial score (nSPS) is 18.4. The van der Waals surface area contributed by atoms with Gasteiger partial charge in [0.05, 0.1) is 10.6 Å². The van der Waals surface area contributed by atoms with Crippen LogP contribution in [0, 0.1) is 0 Å². The molecule has 2 rings (SSSR count). The first-order valence-electron chi connectivity index (χ1n) is 5.37. The van der Waals surface area contributed by atoms with Crippen molar-refractivity contribution in [3.8, 4) is 0 Å². The molecule has 1 aromatic carbocycles. The maximum absolute atomic E-state index is 11.9. The van der Waals surface area contributed by atoms with Gasteiger partial charge in [-0.1, -0.05) is 26.8 Å². The minimum Gasteiger partial charge on any atom is -0.324 e. The Hall–Kier alpha value is -1.36. The molecule has 1 heterocycles. The second-order valence-electron chi connectivity index (χ2n) is 5.27. The van der Waals surface area contributed by atoms with Gasteiger partial charge in [-0.05, 0) is 23.1 Å². The van der Waals surface area contributed by atoms with Crippen LogP contribution in [-0.2, 0) is 20.0 Å². The zero-order chi connectivity index (χ0) is 12.8. The van der Waals surface area contributed by atoms with E-state index in [1.807, 2.05) is 26.8 Å². The molecule has 0 aliphatic carbocycles. The van der Waals surface area contributed by atoms with E-state index >= 15 is 0 Å². The van der Waals surface area contributed by atoms with E-state index in [2.05, 4.69) is 5.32 Å². The fourth-order valence-corrected chi connectivity index (χ4v) is 3.12. The van der Waals surface area contributed by atoms with Crippen LogP contribution in [0.1, 0.15) is 26.3 Å². The Morgan fingerprint density at radius 3 is 2.47 bits per heavy atom. The van der Waals surface area contributed by atoms with Crippen molar-refractivity contribution >= 4 is 21.4 Å². The van der Waals surface area contributed by atoms with E-state index in [0.29, 0.717) is 5.69 Å². The lowest BCUT2D eigenvalue weighted by molar-refractivity contribution is -0.114. The second-order valence-corrected chi connectivity index (χ2v) is 7.23. The molecule has 17 heavy (non-hydrogen) atoms. The molecule has 1 N–H and O–H groups in total. The highest BCUT2D eigenvalue weighted by Gasteiger charge is 2.30. The van der Waals surface area contributed by atoms with Gasteiger partial charge < -0.3 is 5.32 Å². The van der Waals surface area contributed by atoms with Gasteiger partial charge in [-0.15, -0.1) is 0 Å². The first-order chi connectivity index (χ1) is 7.70. The number of hydrogen-bond acceptors (Lipinski definition) is 3. The molecule has 0 unspecified atom stereocenters. The van der Waals surface area contributed by atoms with Crippen LogP contribution in [0.3, 0.4) is 0 Å². The predicted molar refractivity (Wildman–Crippen MR) is 65.8 cm³/mol. The number of carbonyl (C=O) groups excluding carboxylic acids is 1. The summed E-state index contributed by atoms with van der Waals surface area (Å²) in [6.07, 6.45) is 0. The number of benzene rings is 1. The SMILES string of the molecule is CC(C)(C)c1ccc2c(c1)S(=O)(=O)CC(=O)N2. The summed E-state index contributed by atoms with van der Waals surface area (Å²) >= 11 is 0. The summed E-state index contributed by atoms with van der Waals surface area (Å²) in [6.45, 7) is 6.05. The van der Waals surface area contributed by atoms with Crippen LogP contribution < -0.4 is 5.32 Å². The third-order valence-electron chi connectivity index (χ3n) is 2.78. The third kappa shape index (κ3) is 2.20. The molecule has 1 aliphatic rings. The van der Waals surface area contributed by atoms with E-state index in [4.69, 9.17) is 0 Å². The Labute approximate surface area is 101 Å². The molecule has 0 saturated carbocycles. The molecule has 0 fully saturated rings. The number of anilines is 1. The fourth-order valence-electron chi connectivity index (χ4n) is 1.79. The highest BCUT2D eigenvalue weighted by atomic mass is 32.2. The molecule has 92 valence electrons. The Morgan fingerprint density at radius 1 is 1.24 bits per heavy atom. The zero-order valence-electron chi connectivity index (χ0n) is 10.1. The molecule has 0 spiro atoms. The smallest absolute Gasteiger partial charge is 0.239 e. The summed E-state index contributed by atoms with van der Waals surface area (Å²) < 4.78 is 23.8. The average molecular weight is 253 g/mol. The Kier molecular flexibility index (Phi) is 2.54. The zero-order valence-corrected chi connectivity index (χ0v) is 10.9. The van der Waals surface area contributed by atoms with Crippen LogP contribution in [0.15, 0.2) is 23.1 Å². The van der Waals surface area contributed by atoms with Gasteiger partial charge in [0.25, 0.3) is 0 Å². The average Bonchev–Trinajstić information content (AvgIpc) is 2.13. The Morgan fingerprint density at radius 2 is 1.88 bits per heavy atom. The molecule has 0 saturated heterocycles. The molecular weight excluding hydrogens is 238 g/mol. The second kappa shape index (κ2) is 3.57. The maximum atomic E-state index is 11.9. The summed E-state index contributed by atoms with van der Waals surface area (Å²) in [7, 11) is -3.49.